The van der Waals surface area contributed by atoms with Gasteiger partial charge in [-0.1, -0.05) is 25.2 Å². The van der Waals surface area contributed by atoms with Gasteiger partial charge >= 0.3 is 0 Å². The van der Waals surface area contributed by atoms with E-state index in [9.17, 15) is 4.79 Å². The molecule has 1 fully saturated rings. The number of nitrogens with one attached hydrogen (secondary N) is 1. The lowest BCUT2D eigenvalue weighted by molar-refractivity contribution is 0.0689. The van der Waals surface area contributed by atoms with Crippen molar-refractivity contribution in [1.82, 2.24) is 9.88 Å². The Morgan fingerprint density at radius 1 is 1.63 bits per heavy atom. The molecule has 6 heteroatoms. The van der Waals surface area contributed by atoms with Crippen molar-refractivity contribution in [2.75, 3.05) is 30.7 Å². The maximum atomic E-state index is 12.4. The van der Waals surface area contributed by atoms with Crippen LogP contribution in [0.15, 0.2) is 0 Å². The van der Waals surface area contributed by atoms with E-state index in [1.807, 2.05) is 4.90 Å². The first-order chi connectivity index (χ1) is 9.11. The van der Waals surface area contributed by atoms with Crippen LogP contribution in [0.4, 0.5) is 10.9 Å². The monoisotopic (exact) mass is 282 g/mol. The molecule has 1 aliphatic heterocycles. The second kappa shape index (κ2) is 6.23. The van der Waals surface area contributed by atoms with Gasteiger partial charge in [0, 0.05) is 19.6 Å². The molecule has 19 heavy (non-hydrogen) atoms. The first-order valence-electron chi connectivity index (χ1n) is 6.91. The van der Waals surface area contributed by atoms with E-state index in [2.05, 4.69) is 24.1 Å². The maximum Gasteiger partial charge on any atom is 0.267 e. The van der Waals surface area contributed by atoms with Crippen molar-refractivity contribution in [2.45, 2.75) is 33.1 Å². The summed E-state index contributed by atoms with van der Waals surface area (Å²) in [5, 5.41) is 3.92. The second-order valence-corrected chi connectivity index (χ2v) is 6.16. The number of carbonyl (C=O) groups excluding carboxylic acids is 1. The molecule has 0 saturated carbocycles. The number of nitrogens with zero attached hydrogens (tertiary/aromatic N) is 2. The number of aromatic nitrogens is 1. The zero-order valence-electron chi connectivity index (χ0n) is 11.6. The van der Waals surface area contributed by atoms with Crippen LogP contribution in [0.3, 0.4) is 0 Å². The van der Waals surface area contributed by atoms with Gasteiger partial charge in [-0.2, -0.15) is 0 Å². The molecule has 1 aromatic rings. The van der Waals surface area contributed by atoms with Gasteiger partial charge in [-0.15, -0.1) is 0 Å². The van der Waals surface area contributed by atoms with Crippen LogP contribution >= 0.6 is 11.3 Å². The molecule has 1 atom stereocenters. The fourth-order valence-corrected chi connectivity index (χ4v) is 3.19. The average molecular weight is 282 g/mol. The van der Waals surface area contributed by atoms with Crippen LogP contribution in [0.1, 0.15) is 42.8 Å². The number of nitrogen functional groups attached to an aromatic ring is 1. The Labute approximate surface area is 118 Å². The standard InChI is InChI=1S/C13H22N4OS/c1-3-6-15-13-16-11(14)10(19-13)12(18)17-7-4-5-9(2)8-17/h9H,3-8,14H2,1-2H3,(H,15,16). The third-order valence-corrected chi connectivity index (χ3v) is 4.33. The van der Waals surface area contributed by atoms with Crippen LogP contribution in [-0.2, 0) is 0 Å². The normalized spacial score (nSPS) is 19.5. The molecule has 5 nitrogen and oxygen atoms in total. The number of anilines is 2. The van der Waals surface area contributed by atoms with E-state index in [0.29, 0.717) is 16.6 Å². The topological polar surface area (TPSA) is 71.2 Å². The fourth-order valence-electron chi connectivity index (χ4n) is 2.31. The molecule has 0 aromatic carbocycles. The molecule has 0 radical (unpaired) electrons. The van der Waals surface area contributed by atoms with Gasteiger partial charge in [0.15, 0.2) is 5.13 Å². The molecule has 2 heterocycles. The molecule has 0 spiro atoms. The van der Waals surface area contributed by atoms with Crippen molar-refractivity contribution in [3.8, 4) is 0 Å². The molecule has 3 N–H and O–H groups in total. The van der Waals surface area contributed by atoms with Gasteiger partial charge < -0.3 is 16.0 Å². The largest absolute Gasteiger partial charge is 0.382 e. The van der Waals surface area contributed by atoms with Crippen molar-refractivity contribution < 1.29 is 4.79 Å². The van der Waals surface area contributed by atoms with Crippen LogP contribution in [0.5, 0.6) is 0 Å². The summed E-state index contributed by atoms with van der Waals surface area (Å²) in [5.41, 5.74) is 5.87. The molecule has 1 unspecified atom stereocenters. The number of thiazole rings is 1. The third-order valence-electron chi connectivity index (χ3n) is 3.32. The van der Waals surface area contributed by atoms with Crippen molar-refractivity contribution in [1.29, 1.82) is 0 Å². The highest BCUT2D eigenvalue weighted by Gasteiger charge is 2.25. The third kappa shape index (κ3) is 3.37. The van der Waals surface area contributed by atoms with Crippen molar-refractivity contribution in [3.05, 3.63) is 4.88 Å². The van der Waals surface area contributed by atoms with Gasteiger partial charge in [0.1, 0.15) is 10.7 Å². The zero-order chi connectivity index (χ0) is 13.8. The van der Waals surface area contributed by atoms with Gasteiger partial charge in [-0.3, -0.25) is 4.79 Å². The van der Waals surface area contributed by atoms with E-state index in [-0.39, 0.29) is 5.91 Å². The number of nitrogens with two attached hydrogens (primary N) is 1. The average Bonchev–Trinajstić information content (AvgIpc) is 2.76. The van der Waals surface area contributed by atoms with E-state index in [1.165, 1.54) is 17.8 Å². The fraction of sp³-hybridized carbons (Fsp3) is 0.692. The smallest absolute Gasteiger partial charge is 0.267 e. The molecule has 1 aliphatic rings. The zero-order valence-corrected chi connectivity index (χ0v) is 12.4. The van der Waals surface area contributed by atoms with E-state index < -0.39 is 0 Å². The number of hydrogen-bond donors (Lipinski definition) is 2. The summed E-state index contributed by atoms with van der Waals surface area (Å²) in [6.45, 7) is 6.78. The number of carbonyl (C=O) groups is 1. The molecule has 2 rings (SSSR count). The van der Waals surface area contributed by atoms with E-state index in [4.69, 9.17) is 5.73 Å². The Morgan fingerprint density at radius 2 is 2.42 bits per heavy atom. The van der Waals surface area contributed by atoms with Gasteiger partial charge in [-0.25, -0.2) is 4.98 Å². The van der Waals surface area contributed by atoms with Crippen LogP contribution in [-0.4, -0.2) is 35.4 Å². The van der Waals surface area contributed by atoms with Crippen LogP contribution in [0.25, 0.3) is 0 Å². The van der Waals surface area contributed by atoms with Gasteiger partial charge in [0.05, 0.1) is 0 Å². The predicted molar refractivity (Wildman–Crippen MR) is 79.6 cm³/mol. The number of hydrogen-bond acceptors (Lipinski definition) is 5. The quantitative estimate of drug-likeness (QED) is 0.889. The van der Waals surface area contributed by atoms with E-state index in [0.717, 1.165) is 37.6 Å². The van der Waals surface area contributed by atoms with Gasteiger partial charge in [0.25, 0.3) is 5.91 Å². The summed E-state index contributed by atoms with van der Waals surface area (Å²) in [7, 11) is 0. The Morgan fingerprint density at radius 3 is 3.11 bits per heavy atom. The Bertz CT molecular complexity index is 446. The van der Waals surface area contributed by atoms with E-state index in [1.54, 1.807) is 0 Å². The SMILES string of the molecule is CCCNc1nc(N)c(C(=O)N2CCCC(C)C2)s1. The molecule has 106 valence electrons. The van der Waals surface area contributed by atoms with Gasteiger partial charge in [0.2, 0.25) is 0 Å². The molecule has 1 amide bonds. The van der Waals surface area contributed by atoms with Gasteiger partial charge in [-0.05, 0) is 25.2 Å². The van der Waals surface area contributed by atoms with Crippen molar-refractivity contribution >= 4 is 28.2 Å². The minimum atomic E-state index is 0.0334. The number of rotatable bonds is 4. The Hall–Kier alpha value is -1.30. The van der Waals surface area contributed by atoms with Crippen molar-refractivity contribution in [2.24, 2.45) is 5.92 Å². The lowest BCUT2D eigenvalue weighted by atomic mass is 10.0. The molecule has 1 saturated heterocycles. The summed E-state index contributed by atoms with van der Waals surface area (Å²) in [6, 6.07) is 0. The van der Waals surface area contributed by atoms with Crippen LogP contribution in [0.2, 0.25) is 0 Å². The Kier molecular flexibility index (Phi) is 4.63. The highest BCUT2D eigenvalue weighted by Crippen LogP contribution is 2.28. The lowest BCUT2D eigenvalue weighted by Crippen LogP contribution is -2.39. The minimum absolute atomic E-state index is 0.0334. The molecular formula is C13H22N4OS. The summed E-state index contributed by atoms with van der Waals surface area (Å²) in [6.07, 6.45) is 3.30. The summed E-state index contributed by atoms with van der Waals surface area (Å²) < 4.78 is 0. The van der Waals surface area contributed by atoms with Crippen LogP contribution in [0, 0.1) is 5.92 Å². The van der Waals surface area contributed by atoms with Crippen LogP contribution < -0.4 is 11.1 Å². The second-order valence-electron chi connectivity index (χ2n) is 5.16. The first kappa shape index (κ1) is 14.1. The highest BCUT2D eigenvalue weighted by atomic mass is 32.1. The number of amides is 1. The van der Waals surface area contributed by atoms with Crippen molar-refractivity contribution in [3.63, 3.8) is 0 Å². The number of likely N-dealkylation sites (tertiary alicyclic amines) is 1. The molecule has 0 aliphatic carbocycles. The number of piperidine rings is 1. The maximum absolute atomic E-state index is 12.4. The first-order valence-corrected chi connectivity index (χ1v) is 7.73. The molecule has 0 bridgehead atoms. The highest BCUT2D eigenvalue weighted by molar-refractivity contribution is 7.18. The van der Waals surface area contributed by atoms with E-state index >= 15 is 0 Å². The predicted octanol–water partition coefficient (Wildman–Crippen LogP) is 2.42. The summed E-state index contributed by atoms with van der Waals surface area (Å²) in [5.74, 6) is 0.961. The summed E-state index contributed by atoms with van der Waals surface area (Å²) >= 11 is 1.36. The summed E-state index contributed by atoms with van der Waals surface area (Å²) in [4.78, 5) is 19.1. The Balaban J connectivity index is 2.07. The minimum Gasteiger partial charge on any atom is -0.382 e. The lowest BCUT2D eigenvalue weighted by Gasteiger charge is -2.30. The molecule has 1 aromatic heterocycles. The molecular weight excluding hydrogens is 260 g/mol.